The molecular weight excluding hydrogens is 284 g/mol. The number of aromatic hydroxyl groups is 2. The van der Waals surface area contributed by atoms with Crippen molar-refractivity contribution in [1.82, 2.24) is 0 Å². The second-order valence-corrected chi connectivity index (χ2v) is 7.39. The highest BCUT2D eigenvalue weighted by molar-refractivity contribution is 5.51. The van der Waals surface area contributed by atoms with E-state index in [0.29, 0.717) is 17.4 Å². The Morgan fingerprint density at radius 2 is 1.83 bits per heavy atom. The summed E-state index contributed by atoms with van der Waals surface area (Å²) in [5, 5.41) is 21.1. The van der Waals surface area contributed by atoms with Crippen molar-refractivity contribution in [3.63, 3.8) is 0 Å². The van der Waals surface area contributed by atoms with E-state index >= 15 is 0 Å². The van der Waals surface area contributed by atoms with Gasteiger partial charge in [0, 0.05) is 11.5 Å². The van der Waals surface area contributed by atoms with Gasteiger partial charge in [-0.25, -0.2) is 0 Å². The summed E-state index contributed by atoms with van der Waals surface area (Å²) < 4.78 is 0. The summed E-state index contributed by atoms with van der Waals surface area (Å²) in [6.07, 6.45) is 9.07. The van der Waals surface area contributed by atoms with Gasteiger partial charge in [-0.1, -0.05) is 51.7 Å². The zero-order chi connectivity index (χ0) is 17.0. The normalized spacial score (nSPS) is 20.9. The molecule has 128 valence electrons. The Hall–Kier alpha value is -1.44. The zero-order valence-electron chi connectivity index (χ0n) is 15.1. The van der Waals surface area contributed by atoms with Crippen LogP contribution in [0.3, 0.4) is 0 Å². The average molecular weight is 316 g/mol. The maximum absolute atomic E-state index is 10.5. The number of unbranched alkanes of at least 4 members (excludes halogenated alkanes) is 1. The smallest absolute Gasteiger partial charge is 0.123 e. The first-order valence-corrected chi connectivity index (χ1v) is 9.17. The summed E-state index contributed by atoms with van der Waals surface area (Å²) in [4.78, 5) is 0. The first-order valence-electron chi connectivity index (χ1n) is 9.17. The van der Waals surface area contributed by atoms with E-state index in [9.17, 15) is 10.2 Å². The molecule has 0 fully saturated rings. The molecule has 0 aromatic heterocycles. The van der Waals surface area contributed by atoms with Crippen molar-refractivity contribution < 1.29 is 10.2 Å². The Labute approximate surface area is 141 Å². The maximum atomic E-state index is 10.5. The Morgan fingerprint density at radius 1 is 1.17 bits per heavy atom. The quantitative estimate of drug-likeness (QED) is 0.610. The van der Waals surface area contributed by atoms with Crippen LogP contribution in [0.25, 0.3) is 0 Å². The molecule has 0 amide bonds. The molecule has 2 heteroatoms. The molecule has 3 unspecified atom stereocenters. The lowest BCUT2D eigenvalue weighted by atomic mass is 9.81. The lowest BCUT2D eigenvalue weighted by Gasteiger charge is -2.24. The molecule has 0 heterocycles. The van der Waals surface area contributed by atoms with E-state index in [1.807, 2.05) is 12.1 Å². The number of hydrogen-bond donors (Lipinski definition) is 2. The van der Waals surface area contributed by atoms with Crippen molar-refractivity contribution >= 4 is 0 Å². The van der Waals surface area contributed by atoms with Gasteiger partial charge >= 0.3 is 0 Å². The van der Waals surface area contributed by atoms with Gasteiger partial charge in [-0.15, -0.1) is 0 Å². The van der Waals surface area contributed by atoms with E-state index in [0.717, 1.165) is 24.8 Å². The lowest BCUT2D eigenvalue weighted by molar-refractivity contribution is 0.413. The summed E-state index contributed by atoms with van der Waals surface area (Å²) in [6, 6.07) is 3.75. The summed E-state index contributed by atoms with van der Waals surface area (Å²) in [6.45, 7) is 8.80. The minimum atomic E-state index is 0.144. The predicted octanol–water partition coefficient (Wildman–Crippen LogP) is 6.24. The van der Waals surface area contributed by atoms with Crippen LogP contribution in [0.4, 0.5) is 0 Å². The van der Waals surface area contributed by atoms with Crippen molar-refractivity contribution in [3.8, 4) is 11.5 Å². The highest BCUT2D eigenvalue weighted by Crippen LogP contribution is 2.43. The molecule has 2 nitrogen and oxygen atoms in total. The van der Waals surface area contributed by atoms with Crippen molar-refractivity contribution in [2.24, 2.45) is 5.92 Å². The number of phenolic OH excluding ortho intramolecular Hbond substituents is 2. The van der Waals surface area contributed by atoms with Gasteiger partial charge in [0.2, 0.25) is 0 Å². The van der Waals surface area contributed by atoms with Crippen LogP contribution in [0, 0.1) is 5.92 Å². The fraction of sp³-hybridized carbons (Fsp3) is 0.619. The molecule has 1 aromatic rings. The van der Waals surface area contributed by atoms with E-state index in [4.69, 9.17) is 0 Å². The van der Waals surface area contributed by atoms with Crippen LogP contribution in [0.1, 0.15) is 89.2 Å². The second-order valence-electron chi connectivity index (χ2n) is 7.39. The molecule has 1 aromatic carbocycles. The molecule has 2 rings (SSSR count). The number of phenols is 2. The minimum absolute atomic E-state index is 0.144. The third kappa shape index (κ3) is 4.31. The second kappa shape index (κ2) is 7.90. The fourth-order valence-electron chi connectivity index (χ4n) is 3.73. The van der Waals surface area contributed by atoms with Crippen LogP contribution in [0.2, 0.25) is 0 Å². The third-order valence-corrected chi connectivity index (χ3v) is 5.49. The molecule has 0 saturated carbocycles. The standard InChI is InChI=1S/C21H32O2/c1-5-6-9-15(3)16(4)18-12-19(22)21(20(23)13-18)17-10-7-8-14(2)11-17/h11-13,15-17,22-23H,5-10H2,1-4H3. The number of hydrogen-bond acceptors (Lipinski definition) is 2. The topological polar surface area (TPSA) is 40.5 Å². The Balaban J connectivity index is 2.25. The van der Waals surface area contributed by atoms with Crippen molar-refractivity contribution in [1.29, 1.82) is 0 Å². The SMILES string of the molecule is CCCCC(C)C(C)c1cc(O)c(C2C=C(C)CCC2)c(O)c1. The first-order chi connectivity index (χ1) is 10.9. The Bertz CT molecular complexity index is 536. The molecule has 0 aliphatic heterocycles. The third-order valence-electron chi connectivity index (χ3n) is 5.49. The number of benzene rings is 1. The zero-order valence-corrected chi connectivity index (χ0v) is 15.1. The monoisotopic (exact) mass is 316 g/mol. The molecule has 1 aliphatic rings. The van der Waals surface area contributed by atoms with Gasteiger partial charge in [0.15, 0.2) is 0 Å². The van der Waals surface area contributed by atoms with Gasteiger partial charge in [0.25, 0.3) is 0 Å². The Kier molecular flexibility index (Phi) is 6.15. The van der Waals surface area contributed by atoms with E-state index in [1.54, 1.807) is 0 Å². The van der Waals surface area contributed by atoms with Gasteiger partial charge in [-0.05, 0) is 55.7 Å². The van der Waals surface area contributed by atoms with E-state index < -0.39 is 0 Å². The van der Waals surface area contributed by atoms with Gasteiger partial charge in [0.1, 0.15) is 11.5 Å². The largest absolute Gasteiger partial charge is 0.507 e. The summed E-state index contributed by atoms with van der Waals surface area (Å²) >= 11 is 0. The predicted molar refractivity (Wildman–Crippen MR) is 97.2 cm³/mol. The van der Waals surface area contributed by atoms with Crippen molar-refractivity contribution in [2.45, 2.75) is 78.1 Å². The van der Waals surface area contributed by atoms with Crippen LogP contribution in [0.5, 0.6) is 11.5 Å². The summed E-state index contributed by atoms with van der Waals surface area (Å²) in [7, 11) is 0. The molecule has 1 aliphatic carbocycles. The molecule has 3 atom stereocenters. The fourth-order valence-corrected chi connectivity index (χ4v) is 3.73. The van der Waals surface area contributed by atoms with Crippen LogP contribution in [-0.2, 0) is 0 Å². The van der Waals surface area contributed by atoms with Crippen LogP contribution >= 0.6 is 0 Å². The van der Waals surface area contributed by atoms with E-state index in [-0.39, 0.29) is 17.4 Å². The highest BCUT2D eigenvalue weighted by atomic mass is 16.3. The Morgan fingerprint density at radius 3 is 2.39 bits per heavy atom. The molecule has 0 saturated heterocycles. The highest BCUT2D eigenvalue weighted by Gasteiger charge is 2.23. The molecule has 0 radical (unpaired) electrons. The van der Waals surface area contributed by atoms with Crippen LogP contribution in [0.15, 0.2) is 23.8 Å². The first kappa shape index (κ1) is 17.9. The van der Waals surface area contributed by atoms with Gasteiger partial charge in [0.05, 0.1) is 0 Å². The molecule has 0 spiro atoms. The molecule has 0 bridgehead atoms. The summed E-state index contributed by atoms with van der Waals surface area (Å²) in [5.74, 6) is 1.55. The van der Waals surface area contributed by atoms with Gasteiger partial charge < -0.3 is 10.2 Å². The van der Waals surface area contributed by atoms with Crippen molar-refractivity contribution in [2.75, 3.05) is 0 Å². The molecule has 2 N–H and O–H groups in total. The van der Waals surface area contributed by atoms with Crippen LogP contribution in [-0.4, -0.2) is 10.2 Å². The van der Waals surface area contributed by atoms with E-state index in [1.165, 1.54) is 24.8 Å². The molecular formula is C21H32O2. The lowest BCUT2D eigenvalue weighted by Crippen LogP contribution is -2.08. The van der Waals surface area contributed by atoms with Gasteiger partial charge in [-0.3, -0.25) is 0 Å². The van der Waals surface area contributed by atoms with Crippen LogP contribution < -0.4 is 0 Å². The summed E-state index contributed by atoms with van der Waals surface area (Å²) in [5.41, 5.74) is 3.11. The average Bonchev–Trinajstić information content (AvgIpc) is 2.51. The minimum Gasteiger partial charge on any atom is -0.507 e. The van der Waals surface area contributed by atoms with E-state index in [2.05, 4.69) is 33.8 Å². The molecule has 23 heavy (non-hydrogen) atoms. The number of rotatable bonds is 6. The van der Waals surface area contributed by atoms with Gasteiger partial charge in [-0.2, -0.15) is 0 Å². The maximum Gasteiger partial charge on any atom is 0.123 e. The number of allylic oxidation sites excluding steroid dienone is 2. The van der Waals surface area contributed by atoms with Crippen molar-refractivity contribution in [3.05, 3.63) is 34.9 Å².